The van der Waals surface area contributed by atoms with E-state index in [9.17, 15) is 14.7 Å². The van der Waals surface area contributed by atoms with Gasteiger partial charge in [0.2, 0.25) is 0 Å². The number of hydrazone groups is 1. The van der Waals surface area contributed by atoms with Gasteiger partial charge in [0, 0.05) is 5.56 Å². The molecule has 0 aromatic heterocycles. The van der Waals surface area contributed by atoms with E-state index >= 15 is 0 Å². The second-order valence-corrected chi connectivity index (χ2v) is 6.26. The van der Waals surface area contributed by atoms with Gasteiger partial charge in [0.15, 0.2) is 11.5 Å². The summed E-state index contributed by atoms with van der Waals surface area (Å²) in [7, 11) is 0. The number of benzene rings is 2. The largest absolute Gasteiger partial charge is 0.504 e. The van der Waals surface area contributed by atoms with E-state index in [1.807, 2.05) is 37.3 Å². The summed E-state index contributed by atoms with van der Waals surface area (Å²) in [6.07, 6.45) is 3.48. The molecule has 0 spiro atoms. The molecule has 1 atom stereocenters. The van der Waals surface area contributed by atoms with Crippen LogP contribution >= 0.6 is 0 Å². The predicted octanol–water partition coefficient (Wildman–Crippen LogP) is 2.85. The number of hydrogen-bond acceptors (Lipinski definition) is 5. The number of rotatable bonds is 8. The summed E-state index contributed by atoms with van der Waals surface area (Å²) in [4.78, 5) is 24.0. The van der Waals surface area contributed by atoms with Gasteiger partial charge in [-0.1, -0.05) is 36.4 Å². The molecule has 0 aliphatic rings. The fraction of sp³-hybridized carbons (Fsp3) is 0.227. The Kier molecular flexibility index (Phi) is 7.97. The Morgan fingerprint density at radius 1 is 1.24 bits per heavy atom. The summed E-state index contributed by atoms with van der Waals surface area (Å²) in [6, 6.07) is 12.3. The highest BCUT2D eigenvalue weighted by atomic mass is 16.5. The minimum Gasteiger partial charge on any atom is -0.504 e. The molecule has 2 aromatic rings. The van der Waals surface area contributed by atoms with Gasteiger partial charge in [-0.2, -0.15) is 5.10 Å². The van der Waals surface area contributed by atoms with E-state index in [0.29, 0.717) is 29.9 Å². The summed E-state index contributed by atoms with van der Waals surface area (Å²) in [5.41, 5.74) is 4.31. The second kappa shape index (κ2) is 10.7. The molecule has 0 unspecified atom stereocenters. The standard InChI is InChI=1S/C22H25N3O4/c1-4-9-18-12-16(13-19(20(18)26)29-5-2)14-23-25-22(28)21(27)24-15(3)17-10-7-6-8-11-17/h4,6-8,10-15,26H,1,5,9H2,2-3H3,(H,24,27)(H,25,28)/b23-14+/t15-/m1/s1. The van der Waals surface area contributed by atoms with Gasteiger partial charge < -0.3 is 15.2 Å². The molecule has 2 rings (SSSR count). The number of aromatic hydroxyl groups is 1. The van der Waals surface area contributed by atoms with Crippen molar-refractivity contribution in [2.45, 2.75) is 26.3 Å². The van der Waals surface area contributed by atoms with Crippen molar-refractivity contribution in [2.75, 3.05) is 6.61 Å². The van der Waals surface area contributed by atoms with Crippen molar-refractivity contribution >= 4 is 18.0 Å². The van der Waals surface area contributed by atoms with Crippen molar-refractivity contribution in [3.63, 3.8) is 0 Å². The molecule has 2 amide bonds. The molecular formula is C22H25N3O4. The molecule has 0 bridgehead atoms. The molecule has 3 N–H and O–H groups in total. The molecule has 0 radical (unpaired) electrons. The lowest BCUT2D eigenvalue weighted by atomic mass is 10.1. The summed E-state index contributed by atoms with van der Waals surface area (Å²) in [6.45, 7) is 7.65. The number of phenolic OH excluding ortho intramolecular Hbond substituents is 1. The monoisotopic (exact) mass is 395 g/mol. The van der Waals surface area contributed by atoms with Crippen molar-refractivity contribution in [1.82, 2.24) is 10.7 Å². The molecule has 7 nitrogen and oxygen atoms in total. The highest BCUT2D eigenvalue weighted by Gasteiger charge is 2.16. The highest BCUT2D eigenvalue weighted by Crippen LogP contribution is 2.31. The summed E-state index contributed by atoms with van der Waals surface area (Å²) in [5, 5.41) is 16.6. The predicted molar refractivity (Wildman–Crippen MR) is 112 cm³/mol. The van der Waals surface area contributed by atoms with Crippen LogP contribution < -0.4 is 15.5 Å². The quantitative estimate of drug-likeness (QED) is 0.277. The van der Waals surface area contributed by atoms with E-state index in [1.165, 1.54) is 6.21 Å². The summed E-state index contributed by atoms with van der Waals surface area (Å²) in [5.74, 6) is -1.30. The third-order valence-electron chi connectivity index (χ3n) is 4.07. The molecule has 152 valence electrons. The van der Waals surface area contributed by atoms with Crippen molar-refractivity contribution in [3.8, 4) is 11.5 Å². The Labute approximate surface area is 170 Å². The van der Waals surface area contributed by atoms with Gasteiger partial charge in [-0.25, -0.2) is 5.43 Å². The maximum absolute atomic E-state index is 12.0. The van der Waals surface area contributed by atoms with Gasteiger partial charge in [-0.3, -0.25) is 9.59 Å². The Bertz CT molecular complexity index is 894. The molecular weight excluding hydrogens is 370 g/mol. The number of allylic oxidation sites excluding steroid dienone is 1. The van der Waals surface area contributed by atoms with Crippen molar-refractivity contribution < 1.29 is 19.4 Å². The zero-order valence-electron chi connectivity index (χ0n) is 16.5. The fourth-order valence-corrected chi connectivity index (χ4v) is 2.64. The van der Waals surface area contributed by atoms with E-state index < -0.39 is 11.8 Å². The Morgan fingerprint density at radius 2 is 1.97 bits per heavy atom. The van der Waals surface area contributed by atoms with Crippen LogP contribution in [0.3, 0.4) is 0 Å². The third-order valence-corrected chi connectivity index (χ3v) is 4.07. The molecule has 0 aliphatic heterocycles. The number of nitrogens with zero attached hydrogens (tertiary/aromatic N) is 1. The average Bonchev–Trinajstić information content (AvgIpc) is 2.72. The number of carbonyl (C=O) groups is 2. The maximum Gasteiger partial charge on any atom is 0.329 e. The van der Waals surface area contributed by atoms with Crippen LogP contribution in [0, 0.1) is 0 Å². The van der Waals surface area contributed by atoms with Crippen LogP contribution in [-0.2, 0) is 16.0 Å². The summed E-state index contributed by atoms with van der Waals surface area (Å²) >= 11 is 0. The van der Waals surface area contributed by atoms with Gasteiger partial charge in [-0.15, -0.1) is 6.58 Å². The maximum atomic E-state index is 12.0. The number of ether oxygens (including phenoxy) is 1. The number of hydrogen-bond donors (Lipinski definition) is 3. The van der Waals surface area contributed by atoms with Crippen LogP contribution in [0.4, 0.5) is 0 Å². The average molecular weight is 395 g/mol. The molecule has 29 heavy (non-hydrogen) atoms. The zero-order valence-corrected chi connectivity index (χ0v) is 16.5. The van der Waals surface area contributed by atoms with E-state index in [0.717, 1.165) is 5.56 Å². The van der Waals surface area contributed by atoms with Crippen molar-refractivity contribution in [1.29, 1.82) is 0 Å². The smallest absolute Gasteiger partial charge is 0.329 e. The first-order chi connectivity index (χ1) is 14.0. The Morgan fingerprint density at radius 3 is 2.62 bits per heavy atom. The van der Waals surface area contributed by atoms with Crippen molar-refractivity contribution in [3.05, 3.63) is 71.8 Å². The van der Waals surface area contributed by atoms with Gasteiger partial charge in [0.1, 0.15) is 0 Å². The number of nitrogens with one attached hydrogen (secondary N) is 2. The zero-order chi connectivity index (χ0) is 21.2. The highest BCUT2D eigenvalue weighted by molar-refractivity contribution is 6.35. The molecule has 2 aromatic carbocycles. The van der Waals surface area contributed by atoms with E-state index in [4.69, 9.17) is 4.74 Å². The van der Waals surface area contributed by atoms with Gasteiger partial charge >= 0.3 is 11.8 Å². The number of phenols is 1. The number of amides is 2. The summed E-state index contributed by atoms with van der Waals surface area (Å²) < 4.78 is 5.42. The Hall–Kier alpha value is -3.61. The lowest BCUT2D eigenvalue weighted by molar-refractivity contribution is -0.139. The van der Waals surface area contributed by atoms with Gasteiger partial charge in [0.05, 0.1) is 18.9 Å². The molecule has 0 heterocycles. The third kappa shape index (κ3) is 6.21. The first kappa shape index (κ1) is 21.7. The normalized spacial score (nSPS) is 11.7. The van der Waals surface area contributed by atoms with Gasteiger partial charge in [-0.05, 0) is 43.5 Å². The topological polar surface area (TPSA) is 100 Å². The molecule has 0 fully saturated rings. The van der Waals surface area contributed by atoms with E-state index in [1.54, 1.807) is 25.1 Å². The first-order valence-corrected chi connectivity index (χ1v) is 9.24. The van der Waals surface area contributed by atoms with Gasteiger partial charge in [0.25, 0.3) is 0 Å². The van der Waals surface area contributed by atoms with Crippen LogP contribution in [0.25, 0.3) is 0 Å². The first-order valence-electron chi connectivity index (χ1n) is 9.24. The number of carbonyl (C=O) groups excluding carboxylic acids is 2. The van der Waals surface area contributed by atoms with Crippen LogP contribution in [0.15, 0.2) is 60.2 Å². The SMILES string of the molecule is C=CCc1cc(/C=N/NC(=O)C(=O)N[C@H](C)c2ccccc2)cc(OCC)c1O. The lowest BCUT2D eigenvalue weighted by Crippen LogP contribution is -2.39. The van der Waals surface area contributed by atoms with E-state index in [-0.39, 0.29) is 11.8 Å². The van der Waals surface area contributed by atoms with Crippen LogP contribution in [0.2, 0.25) is 0 Å². The second-order valence-electron chi connectivity index (χ2n) is 6.26. The van der Waals surface area contributed by atoms with Crippen LogP contribution in [-0.4, -0.2) is 29.7 Å². The minimum absolute atomic E-state index is 0.0437. The molecule has 0 saturated carbocycles. The van der Waals surface area contributed by atoms with Crippen molar-refractivity contribution in [2.24, 2.45) is 5.10 Å². The molecule has 7 heteroatoms. The minimum atomic E-state index is -0.876. The molecule has 0 saturated heterocycles. The van der Waals surface area contributed by atoms with Crippen LogP contribution in [0.1, 0.15) is 36.6 Å². The Balaban J connectivity index is 2.01. The van der Waals surface area contributed by atoms with E-state index in [2.05, 4.69) is 22.4 Å². The molecule has 0 aliphatic carbocycles. The lowest BCUT2D eigenvalue weighted by Gasteiger charge is -2.13. The van der Waals surface area contributed by atoms with Crippen LogP contribution in [0.5, 0.6) is 11.5 Å². The fourth-order valence-electron chi connectivity index (χ4n) is 2.64.